The van der Waals surface area contributed by atoms with Crippen molar-refractivity contribution in [1.82, 2.24) is 4.90 Å². The molecular formula is C15H24INO4. The number of rotatable bonds is 5. The molecule has 1 aliphatic rings. The van der Waals surface area contributed by atoms with Crippen molar-refractivity contribution in [2.75, 3.05) is 13.2 Å². The van der Waals surface area contributed by atoms with E-state index >= 15 is 0 Å². The number of alkyl halides is 1. The van der Waals surface area contributed by atoms with Crippen molar-refractivity contribution < 1.29 is 19.1 Å². The standard InChI is InChI=1S/C15H24INO4/c1-10(2)6-7-17-12(9-20-14(17)19)11(16)8-13(18)21-15(3,4)5/h6,11-12H,7-9H2,1-5H3. The number of allylic oxidation sites excluding steroid dienone is 1. The van der Waals surface area contributed by atoms with Gasteiger partial charge in [0.15, 0.2) is 0 Å². The normalized spacial score (nSPS) is 20.0. The lowest BCUT2D eigenvalue weighted by molar-refractivity contribution is -0.154. The van der Waals surface area contributed by atoms with Crippen molar-refractivity contribution in [1.29, 1.82) is 0 Å². The van der Waals surface area contributed by atoms with Crippen LogP contribution in [-0.4, -0.2) is 45.7 Å². The fraction of sp³-hybridized carbons (Fsp3) is 0.733. The van der Waals surface area contributed by atoms with E-state index < -0.39 is 5.60 Å². The molecule has 1 saturated heterocycles. The summed E-state index contributed by atoms with van der Waals surface area (Å²) in [6.07, 6.45) is 1.93. The zero-order valence-corrected chi connectivity index (χ0v) is 15.5. The molecule has 21 heavy (non-hydrogen) atoms. The number of carbonyl (C=O) groups is 2. The van der Waals surface area contributed by atoms with E-state index in [0.717, 1.165) is 5.57 Å². The van der Waals surface area contributed by atoms with Gasteiger partial charge in [0.05, 0.1) is 12.5 Å². The van der Waals surface area contributed by atoms with Gasteiger partial charge in [0.25, 0.3) is 0 Å². The van der Waals surface area contributed by atoms with Gasteiger partial charge >= 0.3 is 12.1 Å². The minimum Gasteiger partial charge on any atom is -0.460 e. The van der Waals surface area contributed by atoms with E-state index in [1.165, 1.54) is 0 Å². The lowest BCUT2D eigenvalue weighted by Crippen LogP contribution is -2.41. The smallest absolute Gasteiger partial charge is 0.410 e. The summed E-state index contributed by atoms with van der Waals surface area (Å²) in [6.45, 7) is 10.3. The second kappa shape index (κ2) is 7.47. The Morgan fingerprint density at radius 3 is 2.67 bits per heavy atom. The van der Waals surface area contributed by atoms with Crippen LogP contribution < -0.4 is 0 Å². The van der Waals surface area contributed by atoms with E-state index in [1.807, 2.05) is 40.7 Å². The third-order valence-electron chi connectivity index (χ3n) is 2.91. The molecule has 2 unspecified atom stereocenters. The molecule has 0 radical (unpaired) electrons. The molecule has 1 amide bonds. The molecule has 0 saturated carbocycles. The highest BCUT2D eigenvalue weighted by Crippen LogP contribution is 2.24. The fourth-order valence-electron chi connectivity index (χ4n) is 1.93. The summed E-state index contributed by atoms with van der Waals surface area (Å²) in [4.78, 5) is 25.3. The third-order valence-corrected chi connectivity index (χ3v) is 4.18. The molecule has 120 valence electrons. The summed E-state index contributed by atoms with van der Waals surface area (Å²) in [5.41, 5.74) is 0.655. The van der Waals surface area contributed by atoms with Gasteiger partial charge in [-0.3, -0.25) is 9.69 Å². The number of nitrogens with zero attached hydrogens (tertiary/aromatic N) is 1. The second-order valence-electron chi connectivity index (χ2n) is 6.38. The first-order valence-electron chi connectivity index (χ1n) is 7.03. The zero-order chi connectivity index (χ0) is 16.2. The minimum absolute atomic E-state index is 0.0329. The average molecular weight is 409 g/mol. The van der Waals surface area contributed by atoms with Crippen LogP contribution in [0.2, 0.25) is 0 Å². The maximum atomic E-state index is 11.9. The predicted molar refractivity (Wildman–Crippen MR) is 89.5 cm³/mol. The number of halogens is 1. The Balaban J connectivity index is 2.63. The Bertz CT molecular complexity index is 424. The molecule has 1 fully saturated rings. The van der Waals surface area contributed by atoms with Crippen molar-refractivity contribution in [2.24, 2.45) is 0 Å². The Morgan fingerprint density at radius 2 is 2.14 bits per heavy atom. The SMILES string of the molecule is CC(C)=CCN1C(=O)OCC1C(I)CC(=O)OC(C)(C)C. The molecule has 1 aliphatic heterocycles. The number of amides is 1. The number of carbonyl (C=O) groups excluding carboxylic acids is 2. The van der Waals surface area contributed by atoms with Gasteiger partial charge in [-0.05, 0) is 34.6 Å². The van der Waals surface area contributed by atoms with Crippen LogP contribution in [0.1, 0.15) is 41.0 Å². The van der Waals surface area contributed by atoms with Crippen molar-refractivity contribution in [3.63, 3.8) is 0 Å². The molecule has 0 aromatic heterocycles. The third kappa shape index (κ3) is 6.23. The van der Waals surface area contributed by atoms with E-state index in [0.29, 0.717) is 13.2 Å². The molecule has 6 heteroatoms. The molecule has 0 aromatic rings. The Hall–Kier alpha value is -0.790. The number of cyclic esters (lactones) is 1. The summed E-state index contributed by atoms with van der Waals surface area (Å²) in [5, 5.41) is 0. The first-order chi connectivity index (χ1) is 9.60. The molecule has 1 rings (SSSR count). The molecule has 0 spiro atoms. The monoisotopic (exact) mass is 409 g/mol. The second-order valence-corrected chi connectivity index (χ2v) is 7.98. The van der Waals surface area contributed by atoms with E-state index in [2.05, 4.69) is 22.6 Å². The van der Waals surface area contributed by atoms with Crippen LogP contribution in [0.25, 0.3) is 0 Å². The van der Waals surface area contributed by atoms with Crippen molar-refractivity contribution >= 4 is 34.7 Å². The van der Waals surface area contributed by atoms with Gasteiger partial charge in [0.2, 0.25) is 0 Å². The van der Waals surface area contributed by atoms with Gasteiger partial charge in [0.1, 0.15) is 12.2 Å². The van der Waals surface area contributed by atoms with Gasteiger partial charge < -0.3 is 9.47 Å². The van der Waals surface area contributed by atoms with Gasteiger partial charge in [-0.1, -0.05) is 34.2 Å². The molecule has 0 bridgehead atoms. The first kappa shape index (κ1) is 18.3. The van der Waals surface area contributed by atoms with Gasteiger partial charge in [0, 0.05) is 10.5 Å². The number of hydrogen-bond acceptors (Lipinski definition) is 4. The zero-order valence-electron chi connectivity index (χ0n) is 13.3. The van der Waals surface area contributed by atoms with Gasteiger partial charge in [-0.25, -0.2) is 4.79 Å². The van der Waals surface area contributed by atoms with Crippen molar-refractivity contribution in [3.05, 3.63) is 11.6 Å². The highest BCUT2D eigenvalue weighted by Gasteiger charge is 2.38. The van der Waals surface area contributed by atoms with Gasteiger partial charge in [-0.15, -0.1) is 0 Å². The van der Waals surface area contributed by atoms with E-state index in [-0.39, 0.29) is 28.4 Å². The predicted octanol–water partition coefficient (Wildman–Crippen LogP) is 3.31. The summed E-state index contributed by atoms with van der Waals surface area (Å²) < 4.78 is 10.4. The lowest BCUT2D eigenvalue weighted by atomic mass is 10.1. The highest BCUT2D eigenvalue weighted by molar-refractivity contribution is 14.1. The van der Waals surface area contributed by atoms with Crippen LogP contribution in [-0.2, 0) is 14.3 Å². The van der Waals surface area contributed by atoms with Crippen LogP contribution in [0.3, 0.4) is 0 Å². The molecule has 1 heterocycles. The molecular weight excluding hydrogens is 385 g/mol. The number of ether oxygens (including phenoxy) is 2. The van der Waals surface area contributed by atoms with Crippen molar-refractivity contribution in [3.8, 4) is 0 Å². The van der Waals surface area contributed by atoms with Crippen LogP contribution >= 0.6 is 22.6 Å². The van der Waals surface area contributed by atoms with E-state index in [4.69, 9.17) is 9.47 Å². The van der Waals surface area contributed by atoms with Crippen molar-refractivity contribution in [2.45, 2.75) is 56.6 Å². The Morgan fingerprint density at radius 1 is 1.52 bits per heavy atom. The first-order valence-corrected chi connectivity index (χ1v) is 8.27. The van der Waals surface area contributed by atoms with Crippen LogP contribution in [0.4, 0.5) is 4.79 Å². The lowest BCUT2D eigenvalue weighted by Gasteiger charge is -2.26. The maximum absolute atomic E-state index is 11.9. The average Bonchev–Trinajstić information content (AvgIpc) is 2.65. The highest BCUT2D eigenvalue weighted by atomic mass is 127. The van der Waals surface area contributed by atoms with Gasteiger partial charge in [-0.2, -0.15) is 0 Å². The quantitative estimate of drug-likeness (QED) is 0.303. The molecule has 0 N–H and O–H groups in total. The molecule has 2 atom stereocenters. The maximum Gasteiger partial charge on any atom is 0.410 e. The van der Waals surface area contributed by atoms with E-state index in [9.17, 15) is 9.59 Å². The molecule has 0 aliphatic carbocycles. The van der Waals surface area contributed by atoms with Crippen LogP contribution in [0.5, 0.6) is 0 Å². The summed E-state index contributed by atoms with van der Waals surface area (Å²) in [5.74, 6) is -0.247. The summed E-state index contributed by atoms with van der Waals surface area (Å²) in [6, 6.07) is -0.0961. The van der Waals surface area contributed by atoms with Crippen LogP contribution in [0, 0.1) is 0 Å². The topological polar surface area (TPSA) is 55.8 Å². The summed E-state index contributed by atoms with van der Waals surface area (Å²) in [7, 11) is 0. The Kier molecular flexibility index (Phi) is 6.49. The van der Waals surface area contributed by atoms with E-state index in [1.54, 1.807) is 4.90 Å². The number of esters is 1. The number of hydrogen-bond donors (Lipinski definition) is 0. The fourth-order valence-corrected chi connectivity index (χ4v) is 2.89. The summed E-state index contributed by atoms with van der Waals surface area (Å²) >= 11 is 2.20. The van der Waals surface area contributed by atoms with Crippen LogP contribution in [0.15, 0.2) is 11.6 Å². The Labute approximate surface area is 140 Å². The largest absolute Gasteiger partial charge is 0.460 e. The minimum atomic E-state index is -0.489. The molecule has 5 nitrogen and oxygen atoms in total. The molecule has 0 aromatic carbocycles.